The van der Waals surface area contributed by atoms with Crippen molar-refractivity contribution < 1.29 is 13.9 Å². The first-order chi connectivity index (χ1) is 15.4. The van der Waals surface area contributed by atoms with Crippen LogP contribution in [0.5, 0.6) is 5.75 Å². The van der Waals surface area contributed by atoms with Crippen LogP contribution in [-0.4, -0.2) is 61.8 Å². The molecule has 0 spiro atoms. The van der Waals surface area contributed by atoms with E-state index in [0.717, 1.165) is 62.4 Å². The van der Waals surface area contributed by atoms with Gasteiger partial charge < -0.3 is 24.5 Å². The third-order valence-corrected chi connectivity index (χ3v) is 5.14. The summed E-state index contributed by atoms with van der Waals surface area (Å²) in [7, 11) is 0. The molecule has 1 aromatic carbocycles. The Labute approximate surface area is 214 Å². The molecule has 2 aromatic rings. The third kappa shape index (κ3) is 9.50. The zero-order valence-electron chi connectivity index (χ0n) is 20.2. The first-order valence-electron chi connectivity index (χ1n) is 11.4. The summed E-state index contributed by atoms with van der Waals surface area (Å²) in [6.07, 6.45) is 1.80. The lowest BCUT2D eigenvalue weighted by molar-refractivity contribution is 0.0322. The van der Waals surface area contributed by atoms with Crippen molar-refractivity contribution in [2.75, 3.05) is 46.0 Å². The van der Waals surface area contributed by atoms with E-state index in [1.165, 1.54) is 0 Å². The maximum absolute atomic E-state index is 5.96. The second-order valence-electron chi connectivity index (χ2n) is 8.87. The fourth-order valence-corrected chi connectivity index (χ4v) is 3.26. The molecule has 0 amide bonds. The lowest BCUT2D eigenvalue weighted by Gasteiger charge is -2.26. The fourth-order valence-electron chi connectivity index (χ4n) is 3.26. The predicted octanol–water partition coefficient (Wildman–Crippen LogP) is 3.56. The van der Waals surface area contributed by atoms with E-state index in [1.807, 2.05) is 19.1 Å². The van der Waals surface area contributed by atoms with Gasteiger partial charge in [-0.05, 0) is 24.6 Å². The van der Waals surface area contributed by atoms with Gasteiger partial charge in [0.1, 0.15) is 18.1 Å². The van der Waals surface area contributed by atoms with Gasteiger partial charge in [0.25, 0.3) is 0 Å². The van der Waals surface area contributed by atoms with Crippen molar-refractivity contribution in [3.05, 3.63) is 47.7 Å². The van der Waals surface area contributed by atoms with Crippen LogP contribution >= 0.6 is 24.0 Å². The highest BCUT2D eigenvalue weighted by atomic mass is 127. The molecule has 33 heavy (non-hydrogen) atoms. The number of benzene rings is 1. The highest BCUT2D eigenvalue weighted by Gasteiger charge is 2.19. The van der Waals surface area contributed by atoms with Gasteiger partial charge in [0.2, 0.25) is 5.89 Å². The molecular formula is C24H38IN5O3. The quantitative estimate of drug-likeness (QED) is 0.271. The molecule has 184 valence electrons. The van der Waals surface area contributed by atoms with Crippen LogP contribution in [-0.2, 0) is 23.2 Å². The molecule has 9 heteroatoms. The van der Waals surface area contributed by atoms with Crippen molar-refractivity contribution >= 4 is 29.9 Å². The normalized spacial score (nSPS) is 15.1. The molecule has 3 rings (SSSR count). The average molecular weight is 572 g/mol. The Hall–Kier alpha value is -1.85. The molecule has 0 aliphatic carbocycles. The Morgan fingerprint density at radius 2 is 2.00 bits per heavy atom. The van der Waals surface area contributed by atoms with Gasteiger partial charge in [0.05, 0.1) is 32.5 Å². The maximum atomic E-state index is 5.96. The number of halogens is 1. The molecule has 0 bridgehead atoms. The van der Waals surface area contributed by atoms with Crippen molar-refractivity contribution in [3.8, 4) is 5.75 Å². The molecule has 0 radical (unpaired) electrons. The molecule has 2 heterocycles. The molecule has 2 N–H and O–H groups in total. The third-order valence-electron chi connectivity index (χ3n) is 5.14. The molecule has 1 fully saturated rings. The summed E-state index contributed by atoms with van der Waals surface area (Å²) in [5.74, 6) is 3.12. The van der Waals surface area contributed by atoms with Crippen LogP contribution in [0.2, 0.25) is 0 Å². The zero-order valence-corrected chi connectivity index (χ0v) is 22.6. The van der Waals surface area contributed by atoms with Crippen LogP contribution < -0.4 is 15.4 Å². The standard InChI is InChI=1S/C24H37N5O3.HI/c1-5-25-23(28-18-22-26-17-21(32-22)24(2,3)4)27-16-19-7-6-8-20(15-19)31-14-11-29-9-12-30-13-10-29;/h6-8,15,17H,5,9-14,16,18H2,1-4H3,(H2,25,27,28);1H. The van der Waals surface area contributed by atoms with E-state index in [1.54, 1.807) is 6.20 Å². The van der Waals surface area contributed by atoms with Gasteiger partial charge in [-0.2, -0.15) is 0 Å². The van der Waals surface area contributed by atoms with Crippen LogP contribution in [0.3, 0.4) is 0 Å². The summed E-state index contributed by atoms with van der Waals surface area (Å²) >= 11 is 0. The van der Waals surface area contributed by atoms with Gasteiger partial charge in [-0.15, -0.1) is 24.0 Å². The number of aromatic nitrogens is 1. The van der Waals surface area contributed by atoms with Crippen LogP contribution in [0.1, 0.15) is 44.9 Å². The minimum Gasteiger partial charge on any atom is -0.492 e. The number of morpholine rings is 1. The first kappa shape index (κ1) is 27.4. The minimum absolute atomic E-state index is 0. The number of nitrogens with one attached hydrogen (secondary N) is 2. The van der Waals surface area contributed by atoms with E-state index >= 15 is 0 Å². The SMILES string of the molecule is CCNC(=NCc1cccc(OCCN2CCOCC2)c1)NCc1ncc(C(C)(C)C)o1.I. The molecule has 1 aromatic heterocycles. The van der Waals surface area contributed by atoms with Crippen LogP contribution in [0.4, 0.5) is 0 Å². The number of aliphatic imine (C=N–C) groups is 1. The molecule has 8 nitrogen and oxygen atoms in total. The van der Waals surface area contributed by atoms with Gasteiger partial charge in [-0.1, -0.05) is 32.9 Å². The van der Waals surface area contributed by atoms with E-state index in [0.29, 0.717) is 25.6 Å². The van der Waals surface area contributed by atoms with Crippen molar-refractivity contribution in [1.82, 2.24) is 20.5 Å². The van der Waals surface area contributed by atoms with Crippen LogP contribution in [0.25, 0.3) is 0 Å². The van der Waals surface area contributed by atoms with Gasteiger partial charge >= 0.3 is 0 Å². The Bertz CT molecular complexity index is 860. The summed E-state index contributed by atoms with van der Waals surface area (Å²) in [5.41, 5.74) is 1.04. The van der Waals surface area contributed by atoms with Crippen molar-refractivity contribution in [3.63, 3.8) is 0 Å². The van der Waals surface area contributed by atoms with Gasteiger partial charge in [-0.3, -0.25) is 4.90 Å². The predicted molar refractivity (Wildman–Crippen MR) is 141 cm³/mol. The number of hydrogen-bond donors (Lipinski definition) is 2. The fraction of sp³-hybridized carbons (Fsp3) is 0.583. The summed E-state index contributed by atoms with van der Waals surface area (Å²) in [4.78, 5) is 11.4. The largest absolute Gasteiger partial charge is 0.492 e. The topological polar surface area (TPSA) is 84.2 Å². The lowest BCUT2D eigenvalue weighted by atomic mass is 9.94. The molecule has 1 aliphatic heterocycles. The molecule has 1 aliphatic rings. The number of nitrogens with zero attached hydrogens (tertiary/aromatic N) is 3. The van der Waals surface area contributed by atoms with E-state index in [2.05, 4.69) is 53.4 Å². The Morgan fingerprint density at radius 1 is 1.21 bits per heavy atom. The molecular weight excluding hydrogens is 533 g/mol. The highest BCUT2D eigenvalue weighted by molar-refractivity contribution is 14.0. The summed E-state index contributed by atoms with van der Waals surface area (Å²) < 4.78 is 17.2. The molecule has 0 atom stereocenters. The van der Waals surface area contributed by atoms with E-state index < -0.39 is 0 Å². The monoisotopic (exact) mass is 571 g/mol. The highest BCUT2D eigenvalue weighted by Crippen LogP contribution is 2.22. The number of rotatable bonds is 9. The van der Waals surface area contributed by atoms with Gasteiger partial charge in [0, 0.05) is 31.6 Å². The molecule has 0 unspecified atom stereocenters. The lowest BCUT2D eigenvalue weighted by Crippen LogP contribution is -2.38. The van der Waals surface area contributed by atoms with E-state index in [-0.39, 0.29) is 29.4 Å². The second-order valence-corrected chi connectivity index (χ2v) is 8.87. The van der Waals surface area contributed by atoms with Gasteiger partial charge in [0.15, 0.2) is 5.96 Å². The Balaban J connectivity index is 0.00000385. The number of ether oxygens (including phenoxy) is 2. The Morgan fingerprint density at radius 3 is 2.70 bits per heavy atom. The average Bonchev–Trinajstić information content (AvgIpc) is 3.27. The van der Waals surface area contributed by atoms with Crippen molar-refractivity contribution in [1.29, 1.82) is 0 Å². The number of guanidine groups is 1. The van der Waals surface area contributed by atoms with Gasteiger partial charge in [-0.25, -0.2) is 9.98 Å². The van der Waals surface area contributed by atoms with E-state index in [9.17, 15) is 0 Å². The maximum Gasteiger partial charge on any atom is 0.213 e. The van der Waals surface area contributed by atoms with Crippen molar-refractivity contribution in [2.24, 2.45) is 4.99 Å². The van der Waals surface area contributed by atoms with Crippen LogP contribution in [0.15, 0.2) is 39.9 Å². The number of oxazole rings is 1. The van der Waals surface area contributed by atoms with Crippen LogP contribution in [0, 0.1) is 0 Å². The summed E-state index contributed by atoms with van der Waals surface area (Å²) in [6, 6.07) is 8.11. The molecule has 1 saturated heterocycles. The van der Waals surface area contributed by atoms with E-state index in [4.69, 9.17) is 18.9 Å². The summed E-state index contributed by atoms with van der Waals surface area (Å²) in [6.45, 7) is 15.3. The first-order valence-corrected chi connectivity index (χ1v) is 11.4. The second kappa shape index (κ2) is 13.8. The number of hydrogen-bond acceptors (Lipinski definition) is 6. The molecule has 0 saturated carbocycles. The Kier molecular flexibility index (Phi) is 11.4. The smallest absolute Gasteiger partial charge is 0.213 e. The summed E-state index contributed by atoms with van der Waals surface area (Å²) in [5, 5.41) is 6.56. The minimum atomic E-state index is -0.0564. The zero-order chi connectivity index (χ0) is 22.8. The van der Waals surface area contributed by atoms with Crippen molar-refractivity contribution in [2.45, 2.75) is 46.2 Å².